The molecule has 4 N–H and O–H groups in total. The highest BCUT2D eigenvalue weighted by Crippen LogP contribution is 2.48. The number of carbonyl (C=O) groups is 2. The fourth-order valence-corrected chi connectivity index (χ4v) is 4.62. The predicted molar refractivity (Wildman–Crippen MR) is 125 cm³/mol. The molecule has 3 rings (SSSR count). The first kappa shape index (κ1) is 28.1. The monoisotopic (exact) mass is 451 g/mol. The SMILES string of the molecule is CCC(C)C=O.CNC(O)CCC1CCC2Cc3c(cccc3OCC(=O)O)CC12.CO. The van der Waals surface area contributed by atoms with E-state index >= 15 is 0 Å². The van der Waals surface area contributed by atoms with E-state index in [0.717, 1.165) is 51.2 Å². The van der Waals surface area contributed by atoms with E-state index in [4.69, 9.17) is 14.9 Å². The van der Waals surface area contributed by atoms with Crippen molar-refractivity contribution in [2.75, 3.05) is 20.8 Å². The van der Waals surface area contributed by atoms with Gasteiger partial charge in [-0.3, -0.25) is 5.32 Å². The average Bonchev–Trinajstić information content (AvgIpc) is 3.22. The highest BCUT2D eigenvalue weighted by molar-refractivity contribution is 5.68. The number of aliphatic hydroxyl groups excluding tert-OH is 2. The first-order valence-electron chi connectivity index (χ1n) is 11.6. The zero-order valence-electron chi connectivity index (χ0n) is 19.9. The van der Waals surface area contributed by atoms with Crippen molar-refractivity contribution < 1.29 is 29.6 Å². The van der Waals surface area contributed by atoms with Crippen LogP contribution < -0.4 is 10.1 Å². The molecule has 5 unspecified atom stereocenters. The molecule has 1 aromatic rings. The summed E-state index contributed by atoms with van der Waals surface area (Å²) < 4.78 is 5.49. The van der Waals surface area contributed by atoms with E-state index in [0.29, 0.717) is 17.8 Å². The van der Waals surface area contributed by atoms with E-state index in [1.54, 1.807) is 7.05 Å². The van der Waals surface area contributed by atoms with Crippen LogP contribution in [0.25, 0.3) is 0 Å². The second-order valence-corrected chi connectivity index (χ2v) is 8.65. The summed E-state index contributed by atoms with van der Waals surface area (Å²) in [6.45, 7) is 3.63. The number of nitrogens with one attached hydrogen (secondary N) is 1. The number of aliphatic carboxylic acids is 1. The standard InChI is InChI=1S/C19H27NO4.C5H10O.CH4O/c1-20-18(21)8-7-12-5-6-14-10-16-13(9-15(12)14)3-2-4-17(16)24-11-19(22)23;1-3-5(2)4-6;1-2/h2-4,12,14-15,18,20-21H,5-11H2,1H3,(H,22,23);4-5H,3H2,1-2H3;2H,1H3. The Morgan fingerprint density at radius 1 is 1.28 bits per heavy atom. The van der Waals surface area contributed by atoms with Crippen molar-refractivity contribution in [3.63, 3.8) is 0 Å². The molecule has 0 bridgehead atoms. The summed E-state index contributed by atoms with van der Waals surface area (Å²) in [7, 11) is 2.79. The van der Waals surface area contributed by atoms with Gasteiger partial charge in [0, 0.05) is 13.0 Å². The summed E-state index contributed by atoms with van der Waals surface area (Å²) >= 11 is 0. The number of fused-ring (bicyclic) bond motifs is 2. The van der Waals surface area contributed by atoms with Gasteiger partial charge in [0.15, 0.2) is 6.61 Å². The van der Waals surface area contributed by atoms with Crippen LogP contribution >= 0.6 is 0 Å². The molecule has 0 spiro atoms. The Bertz CT molecular complexity index is 695. The third-order valence-corrected chi connectivity index (χ3v) is 6.64. The van der Waals surface area contributed by atoms with Gasteiger partial charge in [0.2, 0.25) is 0 Å². The van der Waals surface area contributed by atoms with Gasteiger partial charge in [-0.1, -0.05) is 26.0 Å². The number of rotatable bonds is 9. The van der Waals surface area contributed by atoms with Crippen molar-refractivity contribution in [3.05, 3.63) is 29.3 Å². The van der Waals surface area contributed by atoms with E-state index in [-0.39, 0.29) is 12.5 Å². The minimum Gasteiger partial charge on any atom is -0.482 e. The Kier molecular flexibility index (Phi) is 13.1. The molecule has 0 aliphatic heterocycles. The van der Waals surface area contributed by atoms with E-state index in [1.807, 2.05) is 26.0 Å². The van der Waals surface area contributed by atoms with Crippen LogP contribution in [0.15, 0.2) is 18.2 Å². The second-order valence-electron chi connectivity index (χ2n) is 8.65. The molecular formula is C25H41NO6. The van der Waals surface area contributed by atoms with Crippen LogP contribution in [0.4, 0.5) is 0 Å². The molecule has 0 radical (unpaired) electrons. The molecule has 7 nitrogen and oxygen atoms in total. The maximum atomic E-state index is 10.8. The van der Waals surface area contributed by atoms with Gasteiger partial charge in [0.1, 0.15) is 18.3 Å². The van der Waals surface area contributed by atoms with E-state index in [9.17, 15) is 14.7 Å². The van der Waals surface area contributed by atoms with Crippen molar-refractivity contribution in [1.82, 2.24) is 5.32 Å². The predicted octanol–water partition coefficient (Wildman–Crippen LogP) is 3.05. The summed E-state index contributed by atoms with van der Waals surface area (Å²) in [5.74, 6) is 2.06. The normalized spacial score (nSPS) is 22.6. The number of carboxylic acids is 1. The molecule has 7 heteroatoms. The number of aldehydes is 1. The van der Waals surface area contributed by atoms with Gasteiger partial charge in [-0.25, -0.2) is 4.79 Å². The molecule has 32 heavy (non-hydrogen) atoms. The molecule has 0 aromatic heterocycles. The maximum absolute atomic E-state index is 10.8. The van der Waals surface area contributed by atoms with Crippen molar-refractivity contribution in [3.8, 4) is 5.75 Å². The molecule has 1 fully saturated rings. The van der Waals surface area contributed by atoms with Crippen LogP contribution in [-0.4, -0.2) is 54.6 Å². The van der Waals surface area contributed by atoms with Crippen LogP contribution in [0.2, 0.25) is 0 Å². The van der Waals surface area contributed by atoms with Crippen LogP contribution in [0, 0.1) is 23.7 Å². The molecular weight excluding hydrogens is 410 g/mol. The highest BCUT2D eigenvalue weighted by atomic mass is 16.5. The lowest BCUT2D eigenvalue weighted by atomic mass is 9.74. The molecule has 2 aliphatic rings. The maximum Gasteiger partial charge on any atom is 0.341 e. The first-order chi connectivity index (χ1) is 15.4. The quantitative estimate of drug-likeness (QED) is 0.337. The number of ether oxygens (including phenoxy) is 1. The first-order valence-corrected chi connectivity index (χ1v) is 11.6. The highest BCUT2D eigenvalue weighted by Gasteiger charge is 2.39. The van der Waals surface area contributed by atoms with Crippen LogP contribution in [-0.2, 0) is 22.4 Å². The second kappa shape index (κ2) is 15.0. The lowest BCUT2D eigenvalue weighted by Gasteiger charge is -2.32. The molecule has 1 aromatic carbocycles. The van der Waals surface area contributed by atoms with E-state index in [2.05, 4.69) is 11.4 Å². The molecule has 0 amide bonds. The van der Waals surface area contributed by atoms with Crippen molar-refractivity contribution in [1.29, 1.82) is 0 Å². The van der Waals surface area contributed by atoms with Crippen LogP contribution in [0.5, 0.6) is 5.75 Å². The Hall–Kier alpha value is -1.96. The number of hydrogen-bond acceptors (Lipinski definition) is 6. The number of benzene rings is 1. The van der Waals surface area contributed by atoms with Gasteiger partial charge in [-0.05, 0) is 86.9 Å². The smallest absolute Gasteiger partial charge is 0.341 e. The fourth-order valence-electron chi connectivity index (χ4n) is 4.62. The van der Waals surface area contributed by atoms with Gasteiger partial charge in [-0.2, -0.15) is 0 Å². The van der Waals surface area contributed by atoms with Gasteiger partial charge in [-0.15, -0.1) is 0 Å². The molecule has 0 heterocycles. The molecule has 1 saturated carbocycles. The number of carbonyl (C=O) groups excluding carboxylic acids is 1. The average molecular weight is 452 g/mol. The summed E-state index contributed by atoms with van der Waals surface area (Å²) in [5.41, 5.74) is 2.51. The third kappa shape index (κ3) is 8.52. The summed E-state index contributed by atoms with van der Waals surface area (Å²) in [4.78, 5) is 20.5. The Labute approximate surface area is 192 Å². The molecule has 2 aliphatic carbocycles. The Morgan fingerprint density at radius 2 is 2.00 bits per heavy atom. The zero-order chi connectivity index (χ0) is 24.1. The zero-order valence-corrected chi connectivity index (χ0v) is 19.9. The van der Waals surface area contributed by atoms with E-state index in [1.165, 1.54) is 24.0 Å². The van der Waals surface area contributed by atoms with Gasteiger partial charge < -0.3 is 24.9 Å². The lowest BCUT2D eigenvalue weighted by molar-refractivity contribution is -0.139. The number of carboxylic acid groups (broad SMARTS) is 1. The van der Waals surface area contributed by atoms with Crippen LogP contribution in [0.1, 0.15) is 57.1 Å². The van der Waals surface area contributed by atoms with Crippen molar-refractivity contribution in [2.24, 2.45) is 23.7 Å². The summed E-state index contributed by atoms with van der Waals surface area (Å²) in [6, 6.07) is 6.00. The number of aliphatic hydroxyl groups is 2. The minimum absolute atomic E-state index is 0.255. The third-order valence-electron chi connectivity index (χ3n) is 6.64. The Balaban J connectivity index is 0.000000556. The topological polar surface area (TPSA) is 116 Å². The van der Waals surface area contributed by atoms with Crippen molar-refractivity contribution >= 4 is 12.3 Å². The molecule has 182 valence electrons. The summed E-state index contributed by atoms with van der Waals surface area (Å²) in [6.07, 6.45) is 7.88. The van der Waals surface area contributed by atoms with Crippen LogP contribution in [0.3, 0.4) is 0 Å². The fraction of sp³-hybridized carbons (Fsp3) is 0.680. The molecule has 0 saturated heterocycles. The lowest BCUT2D eigenvalue weighted by Crippen LogP contribution is -2.28. The molecule has 5 atom stereocenters. The number of hydrogen-bond donors (Lipinski definition) is 4. The Morgan fingerprint density at radius 3 is 2.56 bits per heavy atom. The van der Waals surface area contributed by atoms with Crippen molar-refractivity contribution in [2.45, 2.75) is 65.0 Å². The van der Waals surface area contributed by atoms with Gasteiger partial charge >= 0.3 is 5.97 Å². The van der Waals surface area contributed by atoms with Gasteiger partial charge in [0.05, 0.1) is 0 Å². The minimum atomic E-state index is -0.940. The van der Waals surface area contributed by atoms with Gasteiger partial charge in [0.25, 0.3) is 0 Å². The largest absolute Gasteiger partial charge is 0.482 e. The summed E-state index contributed by atoms with van der Waals surface area (Å²) in [5, 5.41) is 28.5. The van der Waals surface area contributed by atoms with E-state index < -0.39 is 12.2 Å².